The fourth-order valence-electron chi connectivity index (χ4n) is 1.28. The normalized spacial score (nSPS) is 28.9. The molecule has 0 saturated heterocycles. The first-order valence-electron chi connectivity index (χ1n) is 3.49. The average molecular weight is 137 g/mol. The first-order valence-corrected chi connectivity index (χ1v) is 3.49. The maximum atomic E-state index is 10.9. The van der Waals surface area contributed by atoms with Crippen LogP contribution in [0.1, 0.15) is 26.7 Å². The first kappa shape index (κ1) is 7.27. The van der Waals surface area contributed by atoms with Crippen LogP contribution in [0.5, 0.6) is 0 Å². The summed E-state index contributed by atoms with van der Waals surface area (Å²) in [7, 11) is 0. The third kappa shape index (κ3) is 0.824. The van der Waals surface area contributed by atoms with Gasteiger partial charge in [-0.3, -0.25) is 4.79 Å². The van der Waals surface area contributed by atoms with Crippen LogP contribution in [0.25, 0.3) is 0 Å². The Balaban J connectivity index is 2.56. The Morgan fingerprint density at radius 3 is 2.70 bits per heavy atom. The Bertz CT molecular complexity index is 200. The molecule has 10 heavy (non-hydrogen) atoms. The molecule has 1 aliphatic carbocycles. The second kappa shape index (κ2) is 2.09. The Kier molecular flexibility index (Phi) is 1.52. The van der Waals surface area contributed by atoms with Crippen molar-refractivity contribution in [2.24, 2.45) is 11.3 Å². The van der Waals surface area contributed by atoms with E-state index in [4.69, 9.17) is 5.26 Å². The predicted octanol–water partition coefficient (Wildman–Crippen LogP) is 1.52. The van der Waals surface area contributed by atoms with Gasteiger partial charge < -0.3 is 0 Å². The Morgan fingerprint density at radius 1 is 1.80 bits per heavy atom. The molecule has 0 aromatic carbocycles. The van der Waals surface area contributed by atoms with Gasteiger partial charge in [-0.1, -0.05) is 13.8 Å². The molecule has 0 bridgehead atoms. The topological polar surface area (TPSA) is 40.9 Å². The fourth-order valence-corrected chi connectivity index (χ4v) is 1.28. The second-order valence-corrected chi connectivity index (χ2v) is 3.41. The van der Waals surface area contributed by atoms with Crippen molar-refractivity contribution in [3.63, 3.8) is 0 Å². The minimum absolute atomic E-state index is 0.213. The standard InChI is InChI=1S/C8H11NO/c1-8(2)6(3-4-9)5-7(8)10/h6H,3,5H2,1-2H3. The average Bonchev–Trinajstić information content (AvgIpc) is 1.88. The van der Waals surface area contributed by atoms with E-state index < -0.39 is 0 Å². The summed E-state index contributed by atoms with van der Waals surface area (Å²) in [5.74, 6) is 0.609. The summed E-state index contributed by atoms with van der Waals surface area (Å²) >= 11 is 0. The highest BCUT2D eigenvalue weighted by Crippen LogP contribution is 2.44. The van der Waals surface area contributed by atoms with Gasteiger partial charge in [0, 0.05) is 18.3 Å². The van der Waals surface area contributed by atoms with E-state index in [1.165, 1.54) is 0 Å². The summed E-state index contributed by atoms with van der Waals surface area (Å²) in [4.78, 5) is 10.9. The van der Waals surface area contributed by atoms with Gasteiger partial charge in [0.05, 0.1) is 6.07 Å². The quantitative estimate of drug-likeness (QED) is 0.549. The van der Waals surface area contributed by atoms with Gasteiger partial charge in [-0.15, -0.1) is 0 Å². The van der Waals surface area contributed by atoms with Gasteiger partial charge in [-0.2, -0.15) is 5.26 Å². The summed E-state index contributed by atoms with van der Waals surface area (Å²) in [5, 5.41) is 8.36. The lowest BCUT2D eigenvalue weighted by Gasteiger charge is -2.41. The molecule has 0 spiro atoms. The molecule has 0 heterocycles. The zero-order valence-corrected chi connectivity index (χ0v) is 6.35. The maximum Gasteiger partial charge on any atom is 0.139 e. The third-order valence-electron chi connectivity index (χ3n) is 2.51. The summed E-state index contributed by atoms with van der Waals surface area (Å²) in [5.41, 5.74) is -0.213. The molecule has 54 valence electrons. The van der Waals surface area contributed by atoms with E-state index in [9.17, 15) is 4.79 Å². The molecule has 2 heteroatoms. The summed E-state index contributed by atoms with van der Waals surface area (Å²) < 4.78 is 0. The van der Waals surface area contributed by atoms with Crippen molar-refractivity contribution in [3.05, 3.63) is 0 Å². The van der Waals surface area contributed by atoms with E-state index in [2.05, 4.69) is 6.07 Å². The highest BCUT2D eigenvalue weighted by molar-refractivity contribution is 5.90. The molecule has 0 N–H and O–H groups in total. The van der Waals surface area contributed by atoms with Gasteiger partial charge in [0.1, 0.15) is 5.78 Å². The van der Waals surface area contributed by atoms with Crippen molar-refractivity contribution in [1.29, 1.82) is 5.26 Å². The minimum Gasteiger partial charge on any atom is -0.299 e. The highest BCUT2D eigenvalue weighted by atomic mass is 16.1. The number of carbonyl (C=O) groups excluding carboxylic acids is 1. The summed E-state index contributed by atoms with van der Waals surface area (Å²) in [6.45, 7) is 3.84. The van der Waals surface area contributed by atoms with Crippen LogP contribution in [0, 0.1) is 22.7 Å². The van der Waals surface area contributed by atoms with Crippen LogP contribution in [-0.4, -0.2) is 5.78 Å². The number of ketones is 1. The fraction of sp³-hybridized carbons (Fsp3) is 0.750. The first-order chi connectivity index (χ1) is 4.59. The van der Waals surface area contributed by atoms with Crippen molar-refractivity contribution in [2.45, 2.75) is 26.7 Å². The van der Waals surface area contributed by atoms with Crippen LogP contribution in [-0.2, 0) is 4.79 Å². The van der Waals surface area contributed by atoms with Gasteiger partial charge >= 0.3 is 0 Å². The Hall–Kier alpha value is -0.840. The van der Waals surface area contributed by atoms with Crippen molar-refractivity contribution in [1.82, 2.24) is 0 Å². The van der Waals surface area contributed by atoms with Crippen molar-refractivity contribution < 1.29 is 4.79 Å². The SMILES string of the molecule is CC1(C)C(=O)CC1CC#N. The molecule has 1 rings (SSSR count). The lowest BCUT2D eigenvalue weighted by Crippen LogP contribution is -2.44. The third-order valence-corrected chi connectivity index (χ3v) is 2.51. The van der Waals surface area contributed by atoms with E-state index in [0.717, 1.165) is 0 Å². The van der Waals surface area contributed by atoms with Gasteiger partial charge in [-0.05, 0) is 5.92 Å². The second-order valence-electron chi connectivity index (χ2n) is 3.41. The van der Waals surface area contributed by atoms with Crippen LogP contribution in [0.15, 0.2) is 0 Å². The Morgan fingerprint density at radius 2 is 2.40 bits per heavy atom. The highest BCUT2D eigenvalue weighted by Gasteiger charge is 2.46. The van der Waals surface area contributed by atoms with Crippen molar-refractivity contribution >= 4 is 5.78 Å². The van der Waals surface area contributed by atoms with Crippen molar-refractivity contribution in [3.8, 4) is 6.07 Å². The van der Waals surface area contributed by atoms with E-state index in [-0.39, 0.29) is 5.41 Å². The van der Waals surface area contributed by atoms with E-state index in [1.807, 2.05) is 13.8 Å². The minimum atomic E-state index is -0.213. The van der Waals surface area contributed by atoms with E-state index >= 15 is 0 Å². The van der Waals surface area contributed by atoms with Crippen LogP contribution in [0.4, 0.5) is 0 Å². The molecule has 1 unspecified atom stereocenters. The monoisotopic (exact) mass is 137 g/mol. The van der Waals surface area contributed by atoms with Crippen LogP contribution in [0.3, 0.4) is 0 Å². The molecular formula is C8H11NO. The molecule has 0 radical (unpaired) electrons. The van der Waals surface area contributed by atoms with Gasteiger partial charge in [0.25, 0.3) is 0 Å². The molecule has 0 amide bonds. The van der Waals surface area contributed by atoms with Crippen LogP contribution in [0.2, 0.25) is 0 Å². The zero-order valence-electron chi connectivity index (χ0n) is 6.35. The molecule has 2 nitrogen and oxygen atoms in total. The molecule has 0 aromatic heterocycles. The zero-order chi connectivity index (χ0) is 7.78. The number of carbonyl (C=O) groups is 1. The number of nitriles is 1. The number of rotatable bonds is 1. The van der Waals surface area contributed by atoms with Crippen molar-refractivity contribution in [2.75, 3.05) is 0 Å². The molecule has 1 fully saturated rings. The number of hydrogen-bond acceptors (Lipinski definition) is 2. The molecule has 1 atom stereocenters. The molecular weight excluding hydrogens is 126 g/mol. The molecule has 1 aliphatic rings. The Labute approximate surface area is 60.8 Å². The molecule has 0 aromatic rings. The number of Topliss-reactive ketones (excluding diaryl/α,β-unsaturated/α-hetero) is 1. The maximum absolute atomic E-state index is 10.9. The largest absolute Gasteiger partial charge is 0.299 e. The van der Waals surface area contributed by atoms with Gasteiger partial charge in [-0.25, -0.2) is 0 Å². The summed E-state index contributed by atoms with van der Waals surface area (Å²) in [6.07, 6.45) is 1.14. The predicted molar refractivity (Wildman–Crippen MR) is 37.1 cm³/mol. The number of nitrogens with zero attached hydrogens (tertiary/aromatic N) is 1. The summed E-state index contributed by atoms with van der Waals surface area (Å²) in [6, 6.07) is 2.09. The number of hydrogen-bond donors (Lipinski definition) is 0. The smallest absolute Gasteiger partial charge is 0.139 e. The lowest BCUT2D eigenvalue weighted by atomic mass is 9.60. The van der Waals surface area contributed by atoms with Crippen LogP contribution >= 0.6 is 0 Å². The lowest BCUT2D eigenvalue weighted by molar-refractivity contribution is -0.142. The molecule has 0 aliphatic heterocycles. The van der Waals surface area contributed by atoms with Crippen LogP contribution < -0.4 is 0 Å². The molecule has 1 saturated carbocycles. The van der Waals surface area contributed by atoms with E-state index in [0.29, 0.717) is 24.5 Å². The van der Waals surface area contributed by atoms with Gasteiger partial charge in [0.15, 0.2) is 0 Å². The van der Waals surface area contributed by atoms with Gasteiger partial charge in [0.2, 0.25) is 0 Å². The van der Waals surface area contributed by atoms with E-state index in [1.54, 1.807) is 0 Å².